The summed E-state index contributed by atoms with van der Waals surface area (Å²) in [7, 11) is 0. The topological polar surface area (TPSA) is 149 Å². The number of rotatable bonds is 30. The monoisotopic (exact) mass is 670 g/mol. The number of hydrogen-bond donors (Lipinski definition) is 6. The van der Waals surface area contributed by atoms with Gasteiger partial charge in [0.1, 0.15) is 24.4 Å². The summed E-state index contributed by atoms with van der Waals surface area (Å²) < 4.78 is 11.1. The first-order chi connectivity index (χ1) is 22.8. The third-order valence-corrected chi connectivity index (χ3v) is 9.02. The highest BCUT2D eigenvalue weighted by molar-refractivity contribution is 5.76. The largest absolute Gasteiger partial charge is 0.394 e. The molecule has 0 saturated carbocycles. The van der Waals surface area contributed by atoms with Gasteiger partial charge in [-0.3, -0.25) is 4.79 Å². The Hall–Kier alpha value is -1.33. The second kappa shape index (κ2) is 29.6. The van der Waals surface area contributed by atoms with Crippen LogP contribution in [0.3, 0.4) is 0 Å². The van der Waals surface area contributed by atoms with Crippen LogP contribution in [0.5, 0.6) is 0 Å². The van der Waals surface area contributed by atoms with Crippen molar-refractivity contribution in [2.24, 2.45) is 0 Å². The standard InChI is InChI=1S/C38H71NO8/c1-3-5-7-9-11-13-15-16-18-20-22-24-26-28-34(42)39-31(30-46-38-37(45)36(44)35(43)33(29-40)47-38)32(41)27-25-23-21-19-17-14-12-10-8-6-4-2/h16,18,25,27,31-33,35-38,40-41,43-45H,3-15,17,19-24,26,28-30H2,1-2H3,(H,39,42)/b18-16-,27-25+. The maximum absolute atomic E-state index is 12.8. The molecule has 7 atom stereocenters. The molecular weight excluding hydrogens is 598 g/mol. The van der Waals surface area contributed by atoms with Crippen LogP contribution >= 0.6 is 0 Å². The van der Waals surface area contributed by atoms with Crippen molar-refractivity contribution in [2.45, 2.75) is 198 Å². The van der Waals surface area contributed by atoms with Crippen molar-refractivity contribution in [3.05, 3.63) is 24.3 Å². The van der Waals surface area contributed by atoms with Gasteiger partial charge in [0.25, 0.3) is 0 Å². The van der Waals surface area contributed by atoms with Crippen LogP contribution in [-0.2, 0) is 14.3 Å². The van der Waals surface area contributed by atoms with Gasteiger partial charge in [-0.05, 0) is 44.9 Å². The number of carbonyl (C=O) groups is 1. The van der Waals surface area contributed by atoms with Crippen molar-refractivity contribution in [2.75, 3.05) is 13.2 Å². The Labute approximate surface area is 286 Å². The van der Waals surface area contributed by atoms with E-state index in [9.17, 15) is 30.3 Å². The first-order valence-electron chi connectivity index (χ1n) is 19.1. The zero-order valence-electron chi connectivity index (χ0n) is 29.8. The molecule has 1 aliphatic rings. The molecule has 0 radical (unpaired) electrons. The van der Waals surface area contributed by atoms with Crippen LogP contribution in [-0.4, -0.2) is 87.5 Å². The van der Waals surface area contributed by atoms with Gasteiger partial charge in [-0.25, -0.2) is 0 Å². The first-order valence-corrected chi connectivity index (χ1v) is 19.1. The molecule has 0 spiro atoms. The number of ether oxygens (including phenoxy) is 2. The minimum Gasteiger partial charge on any atom is -0.394 e. The predicted molar refractivity (Wildman–Crippen MR) is 189 cm³/mol. The molecule has 0 aliphatic carbocycles. The van der Waals surface area contributed by atoms with Crippen LogP contribution < -0.4 is 5.32 Å². The summed E-state index contributed by atoms with van der Waals surface area (Å²) >= 11 is 0. The summed E-state index contributed by atoms with van der Waals surface area (Å²) in [5.41, 5.74) is 0. The highest BCUT2D eigenvalue weighted by Crippen LogP contribution is 2.22. The quantitative estimate of drug-likeness (QED) is 0.0381. The number of unbranched alkanes of at least 4 members (excludes halogenated alkanes) is 18. The second-order valence-electron chi connectivity index (χ2n) is 13.4. The fourth-order valence-electron chi connectivity index (χ4n) is 5.85. The third-order valence-electron chi connectivity index (χ3n) is 9.02. The van der Waals surface area contributed by atoms with E-state index in [0.717, 1.165) is 51.4 Å². The van der Waals surface area contributed by atoms with E-state index in [-0.39, 0.29) is 12.5 Å². The zero-order chi connectivity index (χ0) is 34.5. The molecule has 0 aromatic carbocycles. The third kappa shape index (κ3) is 21.4. The van der Waals surface area contributed by atoms with Crippen LogP contribution in [0, 0.1) is 0 Å². The molecule has 1 heterocycles. The summed E-state index contributed by atoms with van der Waals surface area (Å²) in [4.78, 5) is 12.8. The van der Waals surface area contributed by atoms with Crippen molar-refractivity contribution in [3.8, 4) is 0 Å². The first kappa shape index (κ1) is 43.7. The van der Waals surface area contributed by atoms with E-state index in [1.165, 1.54) is 83.5 Å². The lowest BCUT2D eigenvalue weighted by Gasteiger charge is -2.40. The summed E-state index contributed by atoms with van der Waals surface area (Å²) in [6.07, 6.45) is 25.0. The van der Waals surface area contributed by atoms with Crippen molar-refractivity contribution in [1.29, 1.82) is 0 Å². The SMILES string of the molecule is CCCCCCCC/C=C\CCCCCC(=O)NC(COC1OC(CO)C(O)C(O)C1O)C(O)/C=C/CCCCCCCCCCC. The van der Waals surface area contributed by atoms with Gasteiger partial charge in [-0.2, -0.15) is 0 Å². The average Bonchev–Trinajstić information content (AvgIpc) is 3.07. The molecule has 1 aliphatic heterocycles. The molecule has 9 heteroatoms. The maximum atomic E-state index is 12.8. The van der Waals surface area contributed by atoms with Crippen LogP contribution in [0.2, 0.25) is 0 Å². The van der Waals surface area contributed by atoms with Crippen molar-refractivity contribution in [3.63, 3.8) is 0 Å². The Morgan fingerprint density at radius 1 is 0.702 bits per heavy atom. The Morgan fingerprint density at radius 3 is 1.72 bits per heavy atom. The van der Waals surface area contributed by atoms with Crippen molar-refractivity contribution in [1.82, 2.24) is 5.32 Å². The number of amides is 1. The van der Waals surface area contributed by atoms with Crippen LogP contribution in [0.15, 0.2) is 24.3 Å². The van der Waals surface area contributed by atoms with Gasteiger partial charge in [-0.1, -0.05) is 128 Å². The number of allylic oxidation sites excluding steroid dienone is 3. The molecule has 6 N–H and O–H groups in total. The normalized spacial score (nSPS) is 23.1. The van der Waals surface area contributed by atoms with E-state index in [4.69, 9.17) is 9.47 Å². The van der Waals surface area contributed by atoms with Gasteiger partial charge < -0.3 is 40.3 Å². The summed E-state index contributed by atoms with van der Waals surface area (Å²) in [6.45, 7) is 3.71. The molecule has 0 bridgehead atoms. The smallest absolute Gasteiger partial charge is 0.220 e. The number of carbonyl (C=O) groups excluding carboxylic acids is 1. The summed E-state index contributed by atoms with van der Waals surface area (Å²) in [5.74, 6) is -0.197. The number of aliphatic hydroxyl groups is 5. The highest BCUT2D eigenvalue weighted by Gasteiger charge is 2.44. The number of aliphatic hydroxyl groups excluding tert-OH is 5. The Kier molecular flexibility index (Phi) is 27.5. The second-order valence-corrected chi connectivity index (χ2v) is 13.4. The van der Waals surface area contributed by atoms with Gasteiger partial charge in [-0.15, -0.1) is 0 Å². The molecule has 9 nitrogen and oxygen atoms in total. The van der Waals surface area contributed by atoms with Crippen molar-refractivity contribution < 1.29 is 39.8 Å². The molecule has 276 valence electrons. The molecule has 0 aromatic heterocycles. The van der Waals surface area contributed by atoms with E-state index in [2.05, 4.69) is 31.3 Å². The van der Waals surface area contributed by atoms with Gasteiger partial charge in [0, 0.05) is 6.42 Å². The van der Waals surface area contributed by atoms with Gasteiger partial charge in [0.2, 0.25) is 5.91 Å². The minimum atomic E-state index is -1.56. The number of nitrogens with one attached hydrogen (secondary N) is 1. The molecule has 1 amide bonds. The molecular formula is C38H71NO8. The summed E-state index contributed by atoms with van der Waals surface area (Å²) in [6, 6.07) is -0.806. The number of hydrogen-bond acceptors (Lipinski definition) is 8. The minimum absolute atomic E-state index is 0.193. The average molecular weight is 670 g/mol. The van der Waals surface area contributed by atoms with E-state index in [0.29, 0.717) is 6.42 Å². The Balaban J connectivity index is 2.48. The van der Waals surface area contributed by atoms with Gasteiger partial charge >= 0.3 is 0 Å². The van der Waals surface area contributed by atoms with Crippen LogP contribution in [0.25, 0.3) is 0 Å². The van der Waals surface area contributed by atoms with Gasteiger partial charge in [0.05, 0.1) is 25.4 Å². The van der Waals surface area contributed by atoms with E-state index >= 15 is 0 Å². The van der Waals surface area contributed by atoms with Crippen LogP contribution in [0.4, 0.5) is 0 Å². The fraction of sp³-hybridized carbons (Fsp3) is 0.868. The molecule has 1 fully saturated rings. The molecule has 1 saturated heterocycles. The lowest BCUT2D eigenvalue weighted by molar-refractivity contribution is -0.302. The molecule has 47 heavy (non-hydrogen) atoms. The van der Waals surface area contributed by atoms with Crippen LogP contribution in [0.1, 0.15) is 155 Å². The van der Waals surface area contributed by atoms with E-state index in [1.54, 1.807) is 6.08 Å². The Morgan fingerprint density at radius 2 is 1.19 bits per heavy atom. The lowest BCUT2D eigenvalue weighted by atomic mass is 9.99. The van der Waals surface area contributed by atoms with E-state index < -0.39 is 49.5 Å². The van der Waals surface area contributed by atoms with E-state index in [1.807, 2.05) is 6.08 Å². The molecule has 0 aromatic rings. The summed E-state index contributed by atoms with van der Waals surface area (Å²) in [5, 5.41) is 53.8. The Bertz CT molecular complexity index is 792. The molecule has 7 unspecified atom stereocenters. The lowest BCUT2D eigenvalue weighted by Crippen LogP contribution is -2.60. The maximum Gasteiger partial charge on any atom is 0.220 e. The molecule has 1 rings (SSSR count). The predicted octanol–water partition coefficient (Wildman–Crippen LogP) is 6.38. The zero-order valence-corrected chi connectivity index (χ0v) is 29.8. The van der Waals surface area contributed by atoms with Crippen molar-refractivity contribution >= 4 is 5.91 Å². The van der Waals surface area contributed by atoms with Gasteiger partial charge in [0.15, 0.2) is 6.29 Å². The highest BCUT2D eigenvalue weighted by atomic mass is 16.7. The fourth-order valence-corrected chi connectivity index (χ4v) is 5.85.